The summed E-state index contributed by atoms with van der Waals surface area (Å²) in [5.41, 5.74) is 2.36. The van der Waals surface area contributed by atoms with E-state index in [-0.39, 0.29) is 5.69 Å². The summed E-state index contributed by atoms with van der Waals surface area (Å²) in [6.07, 6.45) is 1.58. The van der Waals surface area contributed by atoms with Gasteiger partial charge in [-0.1, -0.05) is 6.07 Å². The molecule has 0 aliphatic rings. The number of rotatable bonds is 3. The fraction of sp³-hybridized carbons (Fsp3) is 0.333. The van der Waals surface area contributed by atoms with Crippen molar-refractivity contribution < 1.29 is 8.87 Å². The first-order chi connectivity index (χ1) is 9.33. The highest BCUT2D eigenvalue weighted by Gasteiger charge is 2.20. The topological polar surface area (TPSA) is 41.6 Å². The lowest BCUT2D eigenvalue weighted by Crippen LogP contribution is -2.34. The Morgan fingerprint density at radius 3 is 2.65 bits per heavy atom. The smallest absolute Gasteiger partial charge is 0.148 e. The predicted octanol–water partition coefficient (Wildman–Crippen LogP) is 2.40. The van der Waals surface area contributed by atoms with E-state index in [0.29, 0.717) is 16.6 Å². The average molecular weight is 273 g/mol. The van der Waals surface area contributed by atoms with Gasteiger partial charge >= 0.3 is 0 Å². The molecular weight excluding hydrogens is 255 g/mol. The number of hydrogen-bond acceptors (Lipinski definition) is 2. The summed E-state index contributed by atoms with van der Waals surface area (Å²) in [6, 6.07) is 6.56. The largest absolute Gasteiger partial charge is 0.326 e. The number of para-hydroxylation sites is 1. The molecule has 4 nitrogen and oxygen atoms in total. The lowest BCUT2D eigenvalue weighted by Gasteiger charge is -2.25. The number of hydrogen-bond donors (Lipinski definition) is 0. The molecule has 0 aliphatic carbocycles. The summed E-state index contributed by atoms with van der Waals surface area (Å²) in [7, 11) is 6.18. The van der Waals surface area contributed by atoms with Crippen LogP contribution in [0.2, 0.25) is 0 Å². The number of quaternary nitrogens is 1. The molecule has 0 saturated carbocycles. The lowest BCUT2D eigenvalue weighted by molar-refractivity contribution is -0.884. The Bertz CT molecular complexity index is 674. The Labute approximate surface area is 118 Å². The molecule has 0 radical (unpaired) electrons. The molecular formula is C15H18FN4+. The highest BCUT2D eigenvalue weighted by atomic mass is 19.1. The third-order valence-corrected chi connectivity index (χ3v) is 3.05. The van der Waals surface area contributed by atoms with Gasteiger partial charge in [-0.15, -0.1) is 0 Å². The fourth-order valence-electron chi connectivity index (χ4n) is 2.15. The summed E-state index contributed by atoms with van der Waals surface area (Å²) >= 11 is 0. The van der Waals surface area contributed by atoms with Gasteiger partial charge in [0.25, 0.3) is 0 Å². The summed E-state index contributed by atoms with van der Waals surface area (Å²) in [5.74, 6) is -0.413. The number of aryl methyl sites for hydroxylation is 1. The van der Waals surface area contributed by atoms with Crippen molar-refractivity contribution in [2.24, 2.45) is 0 Å². The molecule has 0 bridgehead atoms. The average Bonchev–Trinajstić information content (AvgIpc) is 2.69. The molecule has 1 heterocycles. The quantitative estimate of drug-likeness (QED) is 0.806. The molecule has 0 amide bonds. The molecule has 0 unspecified atom stereocenters. The van der Waals surface area contributed by atoms with Gasteiger partial charge in [-0.3, -0.25) is 4.57 Å². The molecule has 104 valence electrons. The van der Waals surface area contributed by atoms with Gasteiger partial charge in [-0.2, -0.15) is 5.26 Å². The van der Waals surface area contributed by atoms with Gasteiger partial charge in [-0.25, -0.2) is 9.37 Å². The molecule has 0 aliphatic heterocycles. The van der Waals surface area contributed by atoms with E-state index >= 15 is 0 Å². The van der Waals surface area contributed by atoms with Crippen LogP contribution in [0, 0.1) is 24.1 Å². The maximum atomic E-state index is 14.1. The first-order valence-electron chi connectivity index (χ1n) is 6.36. The summed E-state index contributed by atoms with van der Waals surface area (Å²) in [5, 5.41) is 9.18. The maximum absolute atomic E-state index is 14.1. The van der Waals surface area contributed by atoms with Crippen molar-refractivity contribution in [3.05, 3.63) is 47.3 Å². The summed E-state index contributed by atoms with van der Waals surface area (Å²) in [6.45, 7) is 2.60. The summed E-state index contributed by atoms with van der Waals surface area (Å²) in [4.78, 5) is 4.27. The Balaban J connectivity index is 2.64. The highest BCUT2D eigenvalue weighted by Crippen LogP contribution is 2.23. The third kappa shape index (κ3) is 2.70. The van der Waals surface area contributed by atoms with Crippen LogP contribution in [0.15, 0.2) is 24.5 Å². The van der Waals surface area contributed by atoms with Crippen LogP contribution in [0.25, 0.3) is 5.69 Å². The molecule has 0 atom stereocenters. The third-order valence-electron chi connectivity index (χ3n) is 3.05. The van der Waals surface area contributed by atoms with E-state index in [2.05, 4.69) is 26.1 Å². The molecule has 0 fully saturated rings. The van der Waals surface area contributed by atoms with Crippen molar-refractivity contribution in [1.82, 2.24) is 9.55 Å². The molecule has 1 aromatic carbocycles. The molecule has 0 spiro atoms. The van der Waals surface area contributed by atoms with Crippen molar-refractivity contribution in [2.75, 3.05) is 21.1 Å². The second kappa shape index (κ2) is 5.06. The summed E-state index contributed by atoms with van der Waals surface area (Å²) < 4.78 is 16.5. The fourth-order valence-corrected chi connectivity index (χ4v) is 2.15. The van der Waals surface area contributed by atoms with E-state index in [1.807, 2.05) is 13.0 Å². The zero-order valence-corrected chi connectivity index (χ0v) is 12.2. The predicted molar refractivity (Wildman–Crippen MR) is 74.7 cm³/mol. The lowest BCUT2D eigenvalue weighted by atomic mass is 10.1. The van der Waals surface area contributed by atoms with E-state index in [4.69, 9.17) is 0 Å². The van der Waals surface area contributed by atoms with Crippen molar-refractivity contribution in [3.63, 3.8) is 0 Å². The number of nitrogens with zero attached hydrogens (tertiary/aromatic N) is 4. The first kappa shape index (κ1) is 14.2. The van der Waals surface area contributed by atoms with Gasteiger partial charge in [0.1, 0.15) is 36.1 Å². The van der Waals surface area contributed by atoms with Crippen LogP contribution in [-0.4, -0.2) is 35.2 Å². The van der Waals surface area contributed by atoms with E-state index < -0.39 is 5.82 Å². The standard InChI is InChI=1S/C15H18FN4/c1-11-14(9-20(2,3)4)19(10-18-11)15-12(8-17)6-5-7-13(15)16/h5-7,10H,9H2,1-4H3/q+1. The van der Waals surface area contributed by atoms with Gasteiger partial charge < -0.3 is 4.48 Å². The van der Waals surface area contributed by atoms with Crippen LogP contribution in [0.5, 0.6) is 0 Å². The number of imidazole rings is 1. The highest BCUT2D eigenvalue weighted by molar-refractivity contribution is 5.50. The second-order valence-electron chi connectivity index (χ2n) is 5.84. The van der Waals surface area contributed by atoms with Crippen LogP contribution in [-0.2, 0) is 6.54 Å². The zero-order valence-electron chi connectivity index (χ0n) is 12.2. The van der Waals surface area contributed by atoms with Crippen LogP contribution < -0.4 is 0 Å². The molecule has 20 heavy (non-hydrogen) atoms. The zero-order chi connectivity index (χ0) is 14.9. The molecule has 0 N–H and O–H groups in total. The van der Waals surface area contributed by atoms with Crippen LogP contribution in [0.1, 0.15) is 17.0 Å². The Morgan fingerprint density at radius 2 is 2.05 bits per heavy atom. The van der Waals surface area contributed by atoms with Crippen molar-refractivity contribution in [1.29, 1.82) is 5.26 Å². The maximum Gasteiger partial charge on any atom is 0.148 e. The number of nitriles is 1. The van der Waals surface area contributed by atoms with Gasteiger partial charge in [-0.05, 0) is 19.1 Å². The first-order valence-corrected chi connectivity index (χ1v) is 6.36. The Kier molecular flexibility index (Phi) is 3.60. The van der Waals surface area contributed by atoms with E-state index in [0.717, 1.165) is 11.4 Å². The number of benzene rings is 1. The van der Waals surface area contributed by atoms with Crippen LogP contribution >= 0.6 is 0 Å². The Morgan fingerprint density at radius 1 is 1.35 bits per heavy atom. The monoisotopic (exact) mass is 273 g/mol. The van der Waals surface area contributed by atoms with Crippen molar-refractivity contribution >= 4 is 0 Å². The van der Waals surface area contributed by atoms with Crippen molar-refractivity contribution in [2.45, 2.75) is 13.5 Å². The minimum Gasteiger partial charge on any atom is -0.326 e. The number of aromatic nitrogens is 2. The van der Waals surface area contributed by atoms with Gasteiger partial charge in [0.05, 0.1) is 32.4 Å². The Hall–Kier alpha value is -2.19. The van der Waals surface area contributed by atoms with Crippen molar-refractivity contribution in [3.8, 4) is 11.8 Å². The molecule has 2 aromatic rings. The second-order valence-corrected chi connectivity index (χ2v) is 5.84. The molecule has 0 saturated heterocycles. The molecule has 1 aromatic heterocycles. The van der Waals surface area contributed by atoms with Gasteiger partial charge in [0.15, 0.2) is 0 Å². The van der Waals surface area contributed by atoms with E-state index in [1.54, 1.807) is 23.0 Å². The van der Waals surface area contributed by atoms with E-state index in [9.17, 15) is 9.65 Å². The SMILES string of the molecule is Cc1ncn(-c2c(F)cccc2C#N)c1C[N+](C)(C)C. The van der Waals surface area contributed by atoms with Crippen LogP contribution in [0.4, 0.5) is 4.39 Å². The van der Waals surface area contributed by atoms with Gasteiger partial charge in [0, 0.05) is 0 Å². The minimum absolute atomic E-state index is 0.277. The number of halogens is 1. The molecule has 5 heteroatoms. The van der Waals surface area contributed by atoms with Gasteiger partial charge in [0.2, 0.25) is 0 Å². The minimum atomic E-state index is -0.413. The normalized spacial score (nSPS) is 11.4. The van der Waals surface area contributed by atoms with Crippen LogP contribution in [0.3, 0.4) is 0 Å². The molecule has 2 rings (SSSR count). The van der Waals surface area contributed by atoms with E-state index in [1.165, 1.54) is 6.07 Å².